The average molecular weight is 662 g/mol. The van der Waals surface area contributed by atoms with Crippen molar-refractivity contribution < 1.29 is 0 Å². The van der Waals surface area contributed by atoms with Crippen LogP contribution in [0, 0.1) is 0 Å². The Labute approximate surface area is 299 Å². The lowest BCUT2D eigenvalue weighted by atomic mass is 9.99. The molecule has 0 fully saturated rings. The first-order valence-electron chi connectivity index (χ1n) is 18.1. The number of para-hydroxylation sites is 2. The molecular formula is C49H31N3. The van der Waals surface area contributed by atoms with Crippen LogP contribution in [0.2, 0.25) is 0 Å². The van der Waals surface area contributed by atoms with E-state index >= 15 is 0 Å². The Hall–Kier alpha value is -6.84. The van der Waals surface area contributed by atoms with Gasteiger partial charge in [0.05, 0.1) is 22.1 Å². The third-order valence-corrected chi connectivity index (χ3v) is 11.5. The van der Waals surface area contributed by atoms with Crippen LogP contribution < -0.4 is 15.8 Å². The average Bonchev–Trinajstić information content (AvgIpc) is 3.84. The number of benzene rings is 8. The van der Waals surface area contributed by atoms with Crippen LogP contribution in [-0.2, 0) is 0 Å². The van der Waals surface area contributed by atoms with Crippen LogP contribution in [0.4, 0.5) is 0 Å². The second-order valence-corrected chi connectivity index (χ2v) is 14.2. The molecule has 2 aromatic heterocycles. The lowest BCUT2D eigenvalue weighted by molar-refractivity contribution is 1.03. The summed E-state index contributed by atoms with van der Waals surface area (Å²) < 4.78 is 4.86. The van der Waals surface area contributed by atoms with Crippen molar-refractivity contribution in [2.75, 3.05) is 6.54 Å². The summed E-state index contributed by atoms with van der Waals surface area (Å²) in [6.45, 7) is 0.860. The third kappa shape index (κ3) is 3.74. The number of fused-ring (bicyclic) bond motifs is 11. The van der Waals surface area contributed by atoms with E-state index < -0.39 is 0 Å². The van der Waals surface area contributed by atoms with Gasteiger partial charge in [0.2, 0.25) is 0 Å². The van der Waals surface area contributed by atoms with E-state index in [9.17, 15) is 0 Å². The second kappa shape index (κ2) is 10.3. The maximum Gasteiger partial charge on any atom is 0.0547 e. The molecule has 242 valence electrons. The molecule has 0 saturated heterocycles. The summed E-state index contributed by atoms with van der Waals surface area (Å²) in [5.41, 5.74) is 15.1. The van der Waals surface area contributed by atoms with Crippen molar-refractivity contribution in [1.29, 1.82) is 0 Å². The molecule has 0 bridgehead atoms. The van der Waals surface area contributed by atoms with Gasteiger partial charge in [0.1, 0.15) is 0 Å². The number of nitrogens with zero attached hydrogens (tertiary/aromatic N) is 2. The summed E-state index contributed by atoms with van der Waals surface area (Å²) in [7, 11) is 0. The molecule has 0 atom stereocenters. The number of aromatic nitrogens is 2. The molecule has 3 nitrogen and oxygen atoms in total. The van der Waals surface area contributed by atoms with E-state index in [2.05, 4.69) is 184 Å². The number of nitrogens with one attached hydrogen (secondary N) is 1. The van der Waals surface area contributed by atoms with Gasteiger partial charge in [-0.25, -0.2) is 0 Å². The predicted octanol–water partition coefficient (Wildman–Crippen LogP) is 10.2. The fourth-order valence-corrected chi connectivity index (χ4v) is 9.25. The van der Waals surface area contributed by atoms with Gasteiger partial charge in [0.15, 0.2) is 0 Å². The Morgan fingerprint density at radius 3 is 2.02 bits per heavy atom. The third-order valence-electron chi connectivity index (χ3n) is 11.5. The molecule has 2 aliphatic rings. The smallest absolute Gasteiger partial charge is 0.0547 e. The summed E-state index contributed by atoms with van der Waals surface area (Å²) in [5.74, 6) is 0. The topological polar surface area (TPSA) is 21.9 Å². The highest BCUT2D eigenvalue weighted by molar-refractivity contribution is 6.22. The molecule has 0 saturated carbocycles. The highest BCUT2D eigenvalue weighted by Crippen LogP contribution is 2.42. The van der Waals surface area contributed by atoms with Crippen molar-refractivity contribution in [2.45, 2.75) is 0 Å². The van der Waals surface area contributed by atoms with Crippen molar-refractivity contribution in [3.05, 3.63) is 180 Å². The molecule has 3 heterocycles. The first-order chi connectivity index (χ1) is 25.8. The molecule has 1 N–H and O–H groups in total. The molecule has 3 heteroatoms. The summed E-state index contributed by atoms with van der Waals surface area (Å²) in [5, 5.41) is 13.8. The van der Waals surface area contributed by atoms with Crippen molar-refractivity contribution >= 4 is 66.2 Å². The first-order valence-corrected chi connectivity index (χ1v) is 18.1. The maximum absolute atomic E-state index is 3.50. The van der Waals surface area contributed by atoms with Gasteiger partial charge in [-0.05, 0) is 115 Å². The van der Waals surface area contributed by atoms with E-state index in [1.165, 1.54) is 110 Å². The van der Waals surface area contributed by atoms with Crippen molar-refractivity contribution in [1.82, 2.24) is 14.5 Å². The Balaban J connectivity index is 1.09. The predicted molar refractivity (Wildman–Crippen MR) is 218 cm³/mol. The monoisotopic (exact) mass is 661 g/mol. The van der Waals surface area contributed by atoms with Gasteiger partial charge in [-0.3, -0.25) is 0 Å². The van der Waals surface area contributed by atoms with Gasteiger partial charge < -0.3 is 14.5 Å². The van der Waals surface area contributed by atoms with E-state index in [1.54, 1.807) is 0 Å². The van der Waals surface area contributed by atoms with Crippen LogP contribution in [0.3, 0.4) is 0 Å². The Morgan fingerprint density at radius 2 is 1.13 bits per heavy atom. The van der Waals surface area contributed by atoms with Gasteiger partial charge in [-0.1, -0.05) is 103 Å². The molecule has 8 aromatic carbocycles. The molecule has 1 aliphatic heterocycles. The van der Waals surface area contributed by atoms with Crippen molar-refractivity contribution in [3.63, 3.8) is 0 Å². The highest BCUT2D eigenvalue weighted by atomic mass is 15.0. The van der Waals surface area contributed by atoms with Crippen LogP contribution in [0.25, 0.3) is 99.8 Å². The Morgan fingerprint density at radius 1 is 0.423 bits per heavy atom. The summed E-state index contributed by atoms with van der Waals surface area (Å²) >= 11 is 0. The van der Waals surface area contributed by atoms with Gasteiger partial charge in [-0.2, -0.15) is 0 Å². The molecule has 52 heavy (non-hydrogen) atoms. The minimum absolute atomic E-state index is 0.860. The molecule has 0 unspecified atom stereocenters. The van der Waals surface area contributed by atoms with Crippen LogP contribution in [0.1, 0.15) is 5.56 Å². The summed E-state index contributed by atoms with van der Waals surface area (Å²) in [6, 6.07) is 60.6. The van der Waals surface area contributed by atoms with E-state index in [1.807, 2.05) is 0 Å². The van der Waals surface area contributed by atoms with E-state index in [0.717, 1.165) is 6.54 Å². The summed E-state index contributed by atoms with van der Waals surface area (Å²) in [6.07, 6.45) is 2.16. The van der Waals surface area contributed by atoms with E-state index in [4.69, 9.17) is 0 Å². The fraction of sp³-hybridized carbons (Fsp3) is 0.0204. The van der Waals surface area contributed by atoms with Crippen molar-refractivity contribution in [2.24, 2.45) is 0 Å². The lowest BCUT2D eigenvalue weighted by Crippen LogP contribution is -2.35. The largest absolute Gasteiger partial charge is 0.386 e. The summed E-state index contributed by atoms with van der Waals surface area (Å²) in [4.78, 5) is 0. The molecule has 12 rings (SSSR count). The van der Waals surface area contributed by atoms with Crippen LogP contribution in [0.15, 0.2) is 164 Å². The Kier molecular flexibility index (Phi) is 5.56. The first kappa shape index (κ1) is 27.9. The van der Waals surface area contributed by atoms with E-state index in [-0.39, 0.29) is 0 Å². The zero-order valence-corrected chi connectivity index (χ0v) is 28.3. The van der Waals surface area contributed by atoms with Gasteiger partial charge in [0.25, 0.3) is 0 Å². The molecule has 0 amide bonds. The van der Waals surface area contributed by atoms with Crippen LogP contribution >= 0.6 is 0 Å². The van der Waals surface area contributed by atoms with Crippen LogP contribution in [-0.4, -0.2) is 15.7 Å². The lowest BCUT2D eigenvalue weighted by Gasteiger charge is -2.13. The van der Waals surface area contributed by atoms with Gasteiger partial charge in [0, 0.05) is 45.7 Å². The molecule has 1 aliphatic carbocycles. The number of rotatable bonds is 3. The minimum Gasteiger partial charge on any atom is -0.386 e. The highest BCUT2D eigenvalue weighted by Gasteiger charge is 2.24. The zero-order chi connectivity index (χ0) is 33.9. The maximum atomic E-state index is 3.50. The van der Waals surface area contributed by atoms with Crippen LogP contribution in [0.5, 0.6) is 0 Å². The SMILES string of the molecule is C1=c2cccc3c2=C(CN1)c1ccc(-n2c4ccc(-c5ccc6c(c5)c5ccccc5n6-c5ccccc5)cc4c4c5ccccc5ccc42)cc1-3. The van der Waals surface area contributed by atoms with E-state index in [0.29, 0.717) is 0 Å². The number of hydrogen-bond acceptors (Lipinski definition) is 1. The molecular weight excluding hydrogens is 631 g/mol. The molecule has 10 aromatic rings. The van der Waals surface area contributed by atoms with Gasteiger partial charge >= 0.3 is 0 Å². The number of hydrogen-bond donors (Lipinski definition) is 1. The Bertz CT molecular complexity index is 3290. The minimum atomic E-state index is 0.860. The second-order valence-electron chi connectivity index (χ2n) is 14.2. The molecule has 0 radical (unpaired) electrons. The quantitative estimate of drug-likeness (QED) is 0.200. The normalized spacial score (nSPS) is 13.2. The molecule has 0 spiro atoms. The standard InChI is InChI=1S/C49H31N3/c1-2-11-34(12-3-1)51-44-16-7-6-14-38(44)41-25-31(18-22-45(41)51)32-19-23-46-42(26-32)49-36-13-5-4-9-30(36)17-24-47(49)52(46)35-20-21-37-40(27-35)39-15-8-10-33-28-50-29-43(37)48(33)39/h1-28,50H,29H2. The van der Waals surface area contributed by atoms with Gasteiger partial charge in [-0.15, -0.1) is 0 Å². The fourth-order valence-electron chi connectivity index (χ4n) is 9.25. The van der Waals surface area contributed by atoms with Crippen molar-refractivity contribution in [3.8, 4) is 33.6 Å². The zero-order valence-electron chi connectivity index (χ0n) is 28.3.